The summed E-state index contributed by atoms with van der Waals surface area (Å²) in [7, 11) is 0. The molecule has 0 fully saturated rings. The van der Waals surface area contributed by atoms with E-state index in [-0.39, 0.29) is 0 Å². The summed E-state index contributed by atoms with van der Waals surface area (Å²) in [6.07, 6.45) is 9.82. The molecule has 0 spiro atoms. The van der Waals surface area contributed by atoms with Gasteiger partial charge in [0, 0.05) is 22.8 Å². The van der Waals surface area contributed by atoms with Crippen molar-refractivity contribution in [1.29, 1.82) is 0 Å². The zero-order valence-electron chi connectivity index (χ0n) is 7.49. The Balaban J connectivity index is 2.38. The molecule has 1 aromatic heterocycles. The van der Waals surface area contributed by atoms with Crippen molar-refractivity contribution < 1.29 is 0 Å². The van der Waals surface area contributed by atoms with Gasteiger partial charge >= 0.3 is 0 Å². The molecule has 68 valence electrons. The minimum Gasteiger partial charge on any atom is -0.361 e. The van der Waals surface area contributed by atoms with Crippen molar-refractivity contribution >= 4 is 22.7 Å². The van der Waals surface area contributed by atoms with Crippen LogP contribution >= 0.6 is 0 Å². The van der Waals surface area contributed by atoms with Crippen LogP contribution in [-0.2, 0) is 0 Å². The van der Waals surface area contributed by atoms with E-state index in [0.29, 0.717) is 0 Å². The lowest BCUT2D eigenvalue weighted by atomic mass is 10.1. The molecule has 2 N–H and O–H groups in total. The summed E-state index contributed by atoms with van der Waals surface area (Å²) >= 11 is 0. The van der Waals surface area contributed by atoms with Crippen molar-refractivity contribution in [2.45, 2.75) is 0 Å². The maximum Gasteiger partial charge on any atom is 0.0743 e. The molecule has 0 amide bonds. The van der Waals surface area contributed by atoms with Crippen molar-refractivity contribution in [3.63, 3.8) is 0 Å². The van der Waals surface area contributed by atoms with Crippen LogP contribution in [0.4, 0.5) is 5.69 Å². The number of nitrogens with zero attached hydrogens (tertiary/aromatic N) is 1. The highest BCUT2D eigenvalue weighted by atomic mass is 15.1. The lowest BCUT2D eigenvalue weighted by Gasteiger charge is -2.04. The number of H-pyrrole nitrogens is 1. The minimum absolute atomic E-state index is 1.08. The van der Waals surface area contributed by atoms with E-state index in [1.165, 1.54) is 0 Å². The number of nitrogens with one attached hydrogen (secondary N) is 2. The standard InChI is InChI=1S/C11H9N3/c1-2-6-12-10-5-4-8-7-13-14-11(8)9(10)3-1/h1-7,12H,(H,13,14). The van der Waals surface area contributed by atoms with Crippen molar-refractivity contribution in [3.8, 4) is 0 Å². The summed E-state index contributed by atoms with van der Waals surface area (Å²) in [6.45, 7) is 0. The molecule has 0 bridgehead atoms. The van der Waals surface area contributed by atoms with Gasteiger partial charge in [-0.15, -0.1) is 0 Å². The maximum absolute atomic E-state index is 4.03. The van der Waals surface area contributed by atoms with Crippen LogP contribution in [0.15, 0.2) is 36.7 Å². The van der Waals surface area contributed by atoms with E-state index >= 15 is 0 Å². The highest BCUT2D eigenvalue weighted by Crippen LogP contribution is 2.26. The topological polar surface area (TPSA) is 40.7 Å². The SMILES string of the molecule is C1=CNc2ccc3cn[nH]c3c2C=C1. The predicted octanol–water partition coefficient (Wildman–Crippen LogP) is 2.52. The van der Waals surface area contributed by atoms with Gasteiger partial charge in [-0.2, -0.15) is 5.10 Å². The quantitative estimate of drug-likeness (QED) is 0.658. The molecule has 3 heteroatoms. The number of fused-ring (bicyclic) bond motifs is 3. The Bertz CT molecular complexity index is 534. The largest absolute Gasteiger partial charge is 0.361 e. The van der Waals surface area contributed by atoms with Crippen molar-refractivity contribution in [3.05, 3.63) is 42.2 Å². The molecule has 0 saturated heterocycles. The summed E-state index contributed by atoms with van der Waals surface area (Å²) in [4.78, 5) is 0. The second-order valence-corrected chi connectivity index (χ2v) is 3.22. The first-order chi connectivity index (χ1) is 6.95. The fourth-order valence-corrected chi connectivity index (χ4v) is 1.68. The highest BCUT2D eigenvalue weighted by molar-refractivity contribution is 5.93. The summed E-state index contributed by atoms with van der Waals surface area (Å²) in [5.74, 6) is 0. The number of aromatic amines is 1. The first-order valence-electron chi connectivity index (χ1n) is 4.51. The van der Waals surface area contributed by atoms with Gasteiger partial charge in [0.15, 0.2) is 0 Å². The van der Waals surface area contributed by atoms with Crippen LogP contribution in [0.2, 0.25) is 0 Å². The molecule has 3 rings (SSSR count). The third-order valence-corrected chi connectivity index (χ3v) is 2.37. The maximum atomic E-state index is 4.03. The molecule has 3 nitrogen and oxygen atoms in total. The molecular weight excluding hydrogens is 174 g/mol. The molecule has 1 aromatic carbocycles. The van der Waals surface area contributed by atoms with Crippen molar-refractivity contribution in [2.24, 2.45) is 0 Å². The smallest absolute Gasteiger partial charge is 0.0743 e. The van der Waals surface area contributed by atoms with Crippen LogP contribution in [0.1, 0.15) is 5.56 Å². The number of aromatic nitrogens is 2. The Morgan fingerprint density at radius 3 is 3.14 bits per heavy atom. The molecule has 2 aromatic rings. The Morgan fingerprint density at radius 2 is 2.14 bits per heavy atom. The molecular formula is C11H9N3. The monoisotopic (exact) mass is 183 g/mol. The van der Waals surface area contributed by atoms with E-state index in [0.717, 1.165) is 22.2 Å². The lowest BCUT2D eigenvalue weighted by Crippen LogP contribution is -1.89. The van der Waals surface area contributed by atoms with Gasteiger partial charge in [-0.3, -0.25) is 5.10 Å². The van der Waals surface area contributed by atoms with Crippen LogP contribution in [0, 0.1) is 0 Å². The minimum atomic E-state index is 1.08. The second kappa shape index (κ2) is 2.73. The van der Waals surface area contributed by atoms with Gasteiger partial charge in [-0.1, -0.05) is 12.2 Å². The Morgan fingerprint density at radius 1 is 1.14 bits per heavy atom. The Kier molecular flexibility index (Phi) is 1.44. The number of hydrogen-bond acceptors (Lipinski definition) is 2. The van der Waals surface area contributed by atoms with E-state index in [2.05, 4.69) is 33.7 Å². The van der Waals surface area contributed by atoms with E-state index in [9.17, 15) is 0 Å². The number of anilines is 1. The third-order valence-electron chi connectivity index (χ3n) is 2.37. The average molecular weight is 183 g/mol. The summed E-state index contributed by atoms with van der Waals surface area (Å²) in [5, 5.41) is 11.4. The van der Waals surface area contributed by atoms with E-state index in [1.54, 1.807) is 0 Å². The van der Waals surface area contributed by atoms with Gasteiger partial charge in [0.1, 0.15) is 0 Å². The van der Waals surface area contributed by atoms with Crippen molar-refractivity contribution in [1.82, 2.24) is 10.2 Å². The Hall–Kier alpha value is -2.03. The van der Waals surface area contributed by atoms with Gasteiger partial charge in [-0.25, -0.2) is 0 Å². The van der Waals surface area contributed by atoms with Crippen LogP contribution in [-0.4, -0.2) is 10.2 Å². The van der Waals surface area contributed by atoms with E-state index < -0.39 is 0 Å². The number of benzene rings is 1. The highest BCUT2D eigenvalue weighted by Gasteiger charge is 2.06. The van der Waals surface area contributed by atoms with Gasteiger partial charge in [0.25, 0.3) is 0 Å². The molecule has 1 aliphatic heterocycles. The summed E-state index contributed by atoms with van der Waals surface area (Å²) in [5.41, 5.74) is 3.34. The zero-order valence-corrected chi connectivity index (χ0v) is 7.49. The van der Waals surface area contributed by atoms with Crippen molar-refractivity contribution in [2.75, 3.05) is 5.32 Å². The van der Waals surface area contributed by atoms with Crippen LogP contribution in [0.5, 0.6) is 0 Å². The molecule has 0 radical (unpaired) electrons. The number of rotatable bonds is 0. The summed E-state index contributed by atoms with van der Waals surface area (Å²) < 4.78 is 0. The van der Waals surface area contributed by atoms with Gasteiger partial charge < -0.3 is 5.32 Å². The zero-order chi connectivity index (χ0) is 9.38. The molecule has 0 saturated carbocycles. The normalized spacial score (nSPS) is 13.7. The molecule has 1 aliphatic rings. The molecule has 14 heavy (non-hydrogen) atoms. The Labute approximate surface area is 81.1 Å². The lowest BCUT2D eigenvalue weighted by molar-refractivity contribution is 1.12. The number of allylic oxidation sites excluding steroid dienone is 2. The second-order valence-electron chi connectivity index (χ2n) is 3.22. The van der Waals surface area contributed by atoms with Crippen LogP contribution < -0.4 is 5.32 Å². The third kappa shape index (κ3) is 0.956. The molecule has 2 heterocycles. The fraction of sp³-hybridized carbons (Fsp3) is 0. The fourth-order valence-electron chi connectivity index (χ4n) is 1.68. The average Bonchev–Trinajstić information content (AvgIpc) is 2.55. The molecule has 0 aliphatic carbocycles. The first kappa shape index (κ1) is 7.38. The summed E-state index contributed by atoms with van der Waals surface area (Å²) in [6, 6.07) is 4.12. The first-order valence-corrected chi connectivity index (χ1v) is 4.51. The van der Waals surface area contributed by atoms with Crippen LogP contribution in [0.3, 0.4) is 0 Å². The van der Waals surface area contributed by atoms with Crippen LogP contribution in [0.25, 0.3) is 17.0 Å². The van der Waals surface area contributed by atoms with E-state index in [4.69, 9.17) is 0 Å². The van der Waals surface area contributed by atoms with Gasteiger partial charge in [0.2, 0.25) is 0 Å². The van der Waals surface area contributed by atoms with E-state index in [1.807, 2.05) is 24.5 Å². The predicted molar refractivity (Wildman–Crippen MR) is 57.9 cm³/mol. The number of hydrogen-bond donors (Lipinski definition) is 2. The van der Waals surface area contributed by atoms with Gasteiger partial charge in [0.05, 0.1) is 11.7 Å². The van der Waals surface area contributed by atoms with Gasteiger partial charge in [-0.05, 0) is 18.2 Å². The molecule has 0 atom stereocenters. The molecule has 0 unspecified atom stereocenters.